The third kappa shape index (κ3) is 3.95. The van der Waals surface area contributed by atoms with Crippen LogP contribution in [-0.4, -0.2) is 15.5 Å². The maximum Gasteiger partial charge on any atom is 0.246 e. The summed E-state index contributed by atoms with van der Waals surface area (Å²) in [6.07, 6.45) is 4.35. The zero-order valence-corrected chi connectivity index (χ0v) is 12.9. The van der Waals surface area contributed by atoms with Gasteiger partial charge in [0.1, 0.15) is 0 Å². The molecule has 22 heavy (non-hydrogen) atoms. The highest BCUT2D eigenvalue weighted by molar-refractivity contribution is 5.91. The number of rotatable bonds is 7. The third-order valence-corrected chi connectivity index (χ3v) is 3.38. The summed E-state index contributed by atoms with van der Waals surface area (Å²) < 4.78 is 2.00. The van der Waals surface area contributed by atoms with Crippen molar-refractivity contribution in [1.29, 1.82) is 0 Å². The molecule has 0 saturated carbocycles. The molecule has 0 unspecified atom stereocenters. The molecule has 0 aliphatic rings. The number of hydrogen-bond acceptors (Lipinski definition) is 2. The van der Waals surface area contributed by atoms with Crippen LogP contribution in [0.15, 0.2) is 61.5 Å². The number of benzene rings is 1. The van der Waals surface area contributed by atoms with Gasteiger partial charge in [0, 0.05) is 18.5 Å². The van der Waals surface area contributed by atoms with Crippen molar-refractivity contribution in [3.8, 4) is 0 Å². The lowest BCUT2D eigenvalue weighted by Crippen LogP contribution is -2.25. The van der Waals surface area contributed by atoms with Crippen molar-refractivity contribution in [2.75, 3.05) is 0 Å². The number of amides is 1. The van der Waals surface area contributed by atoms with Crippen molar-refractivity contribution in [3.63, 3.8) is 0 Å². The number of imidazole rings is 1. The van der Waals surface area contributed by atoms with Crippen LogP contribution in [0, 0.1) is 0 Å². The van der Waals surface area contributed by atoms with Gasteiger partial charge < -0.3 is 9.88 Å². The summed E-state index contributed by atoms with van der Waals surface area (Å²) >= 11 is 0. The second-order valence-corrected chi connectivity index (χ2v) is 5.20. The van der Waals surface area contributed by atoms with E-state index in [9.17, 15) is 4.79 Å². The molecule has 4 heteroatoms. The van der Waals surface area contributed by atoms with Crippen molar-refractivity contribution in [1.82, 2.24) is 14.9 Å². The fourth-order valence-corrected chi connectivity index (χ4v) is 2.20. The minimum Gasteiger partial charge on any atom is -0.347 e. The van der Waals surface area contributed by atoms with Crippen LogP contribution in [0.2, 0.25) is 0 Å². The molecule has 1 aromatic carbocycles. The largest absolute Gasteiger partial charge is 0.347 e. The van der Waals surface area contributed by atoms with E-state index in [-0.39, 0.29) is 5.91 Å². The van der Waals surface area contributed by atoms with Gasteiger partial charge >= 0.3 is 0 Å². The fourth-order valence-electron chi connectivity index (χ4n) is 2.20. The molecule has 0 aliphatic carbocycles. The first-order chi connectivity index (χ1) is 10.6. The molecule has 2 rings (SSSR count). The topological polar surface area (TPSA) is 46.9 Å². The maximum atomic E-state index is 11.7. The maximum absolute atomic E-state index is 11.7. The quantitative estimate of drug-likeness (QED) is 0.630. The van der Waals surface area contributed by atoms with E-state index >= 15 is 0 Å². The number of nitrogens with one attached hydrogen (secondary N) is 1. The van der Waals surface area contributed by atoms with Crippen LogP contribution in [0.1, 0.15) is 23.9 Å². The second-order valence-electron chi connectivity index (χ2n) is 5.20. The van der Waals surface area contributed by atoms with Crippen molar-refractivity contribution in [3.05, 3.63) is 78.4 Å². The summed E-state index contributed by atoms with van der Waals surface area (Å²) in [5, 5.41) is 2.88. The van der Waals surface area contributed by atoms with Crippen LogP contribution in [0.3, 0.4) is 0 Å². The van der Waals surface area contributed by atoms with Crippen molar-refractivity contribution < 1.29 is 4.79 Å². The normalized spacial score (nSPS) is 10.2. The predicted octanol–water partition coefficient (Wildman–Crippen LogP) is 2.85. The smallest absolute Gasteiger partial charge is 0.246 e. The molecule has 4 nitrogen and oxygen atoms in total. The second kappa shape index (κ2) is 7.41. The Kier molecular flexibility index (Phi) is 5.31. The number of allylic oxidation sites excluding steroid dienone is 1. The van der Waals surface area contributed by atoms with Crippen molar-refractivity contribution >= 4 is 5.91 Å². The lowest BCUT2D eigenvalue weighted by atomic mass is 10.1. The first-order valence-electron chi connectivity index (χ1n) is 7.23. The van der Waals surface area contributed by atoms with Crippen LogP contribution in [-0.2, 0) is 24.3 Å². The highest BCUT2D eigenvalue weighted by Crippen LogP contribution is 2.14. The number of hydrogen-bond donors (Lipinski definition) is 1. The number of aromatic nitrogens is 2. The number of carbonyl (C=O) groups is 1. The molecule has 0 saturated heterocycles. The summed E-state index contributed by atoms with van der Waals surface area (Å²) in [5.41, 5.74) is 3.66. The van der Waals surface area contributed by atoms with E-state index < -0.39 is 0 Å². The van der Waals surface area contributed by atoms with Crippen molar-refractivity contribution in [2.24, 2.45) is 0 Å². The molecule has 1 heterocycles. The number of carbonyl (C=O) groups excluding carboxylic acids is 1. The summed E-state index contributed by atoms with van der Waals surface area (Å²) in [6.45, 7) is 10.2. The molecule has 0 bridgehead atoms. The third-order valence-electron chi connectivity index (χ3n) is 3.38. The molecule has 0 atom stereocenters. The zero-order valence-electron chi connectivity index (χ0n) is 12.9. The van der Waals surface area contributed by atoms with E-state index in [1.165, 1.54) is 5.56 Å². The molecule has 0 fully saturated rings. The average Bonchev–Trinajstić information content (AvgIpc) is 2.88. The van der Waals surface area contributed by atoms with Gasteiger partial charge in [-0.25, -0.2) is 4.98 Å². The van der Waals surface area contributed by atoms with Gasteiger partial charge in [-0.3, -0.25) is 4.79 Å². The van der Waals surface area contributed by atoms with Gasteiger partial charge in [-0.2, -0.15) is 0 Å². The molecule has 2 aromatic rings. The van der Waals surface area contributed by atoms with Gasteiger partial charge in [-0.15, -0.1) is 6.58 Å². The van der Waals surface area contributed by atoms with Crippen molar-refractivity contribution in [2.45, 2.75) is 26.4 Å². The van der Waals surface area contributed by atoms with Crippen LogP contribution < -0.4 is 5.32 Å². The number of nitrogens with zero attached hydrogens (tertiary/aromatic N) is 2. The Morgan fingerprint density at radius 3 is 2.73 bits per heavy atom. The van der Waals surface area contributed by atoms with Gasteiger partial charge in [0.05, 0.1) is 24.3 Å². The summed E-state index contributed by atoms with van der Waals surface area (Å²) in [7, 11) is 0. The molecule has 0 spiro atoms. The van der Waals surface area contributed by atoms with Crippen LogP contribution in [0.25, 0.3) is 0 Å². The van der Waals surface area contributed by atoms with Gasteiger partial charge in [0.15, 0.2) is 0 Å². The van der Waals surface area contributed by atoms with E-state index in [0.29, 0.717) is 18.7 Å². The average molecular weight is 295 g/mol. The van der Waals surface area contributed by atoms with Crippen LogP contribution in [0.4, 0.5) is 0 Å². The Balaban J connectivity index is 2.20. The highest BCUT2D eigenvalue weighted by Gasteiger charge is 2.12. The van der Waals surface area contributed by atoms with E-state index in [1.54, 1.807) is 13.3 Å². The lowest BCUT2D eigenvalue weighted by molar-refractivity contribution is -0.117. The van der Waals surface area contributed by atoms with Crippen LogP contribution >= 0.6 is 0 Å². The van der Waals surface area contributed by atoms with E-state index in [0.717, 1.165) is 17.8 Å². The highest BCUT2D eigenvalue weighted by atomic mass is 16.1. The Labute approximate surface area is 131 Å². The molecule has 0 aliphatic heterocycles. The zero-order chi connectivity index (χ0) is 15.9. The standard InChI is InChI=1S/C18H21N3O/c1-4-10-21-13-20-16(11-15-8-6-5-7-9-15)17(21)12-19-18(22)14(2)3/h4-9,13H,1-2,10-12H2,3H3,(H,19,22). The first kappa shape index (κ1) is 15.8. The van der Waals surface area contributed by atoms with Gasteiger partial charge in [-0.05, 0) is 12.5 Å². The first-order valence-corrected chi connectivity index (χ1v) is 7.23. The van der Waals surface area contributed by atoms with Crippen LogP contribution in [0.5, 0.6) is 0 Å². The predicted molar refractivity (Wildman–Crippen MR) is 88.3 cm³/mol. The van der Waals surface area contributed by atoms with Gasteiger partial charge in [0.25, 0.3) is 0 Å². The molecular weight excluding hydrogens is 274 g/mol. The Bertz CT molecular complexity index is 671. The molecule has 114 valence electrons. The summed E-state index contributed by atoms with van der Waals surface area (Å²) in [6, 6.07) is 10.2. The minimum atomic E-state index is -0.142. The van der Waals surface area contributed by atoms with E-state index in [4.69, 9.17) is 0 Å². The summed E-state index contributed by atoms with van der Waals surface area (Å²) in [4.78, 5) is 16.2. The monoisotopic (exact) mass is 295 g/mol. The Morgan fingerprint density at radius 2 is 2.09 bits per heavy atom. The molecule has 0 radical (unpaired) electrons. The molecule has 1 amide bonds. The lowest BCUT2D eigenvalue weighted by Gasteiger charge is -2.10. The van der Waals surface area contributed by atoms with E-state index in [2.05, 4.69) is 35.6 Å². The molecule has 1 N–H and O–H groups in total. The Morgan fingerprint density at radius 1 is 1.36 bits per heavy atom. The summed E-state index contributed by atoms with van der Waals surface area (Å²) in [5.74, 6) is -0.142. The SMILES string of the molecule is C=CCn1cnc(Cc2ccccc2)c1CNC(=O)C(=C)C. The minimum absolute atomic E-state index is 0.142. The molecule has 1 aromatic heterocycles. The Hall–Kier alpha value is -2.62. The molecular formula is C18H21N3O. The van der Waals surface area contributed by atoms with Gasteiger partial charge in [-0.1, -0.05) is 43.0 Å². The van der Waals surface area contributed by atoms with Gasteiger partial charge in [0.2, 0.25) is 5.91 Å². The fraction of sp³-hybridized carbons (Fsp3) is 0.222. The van der Waals surface area contributed by atoms with E-state index in [1.807, 2.05) is 28.8 Å².